The number of aromatic nitrogens is 3. The number of halogens is 1. The zero-order chi connectivity index (χ0) is 16.8. The minimum Gasteiger partial charge on any atom is -0.493 e. The lowest BCUT2D eigenvalue weighted by molar-refractivity contribution is 0.282. The van der Waals surface area contributed by atoms with Crippen LogP contribution in [-0.2, 0) is 6.61 Å². The Morgan fingerprint density at radius 3 is 2.79 bits per heavy atom. The Balaban J connectivity index is 1.79. The van der Waals surface area contributed by atoms with E-state index < -0.39 is 0 Å². The molecule has 2 aromatic carbocycles. The molecule has 6 nitrogen and oxygen atoms in total. The van der Waals surface area contributed by atoms with Crippen LogP contribution in [-0.4, -0.2) is 28.5 Å². The van der Waals surface area contributed by atoms with Gasteiger partial charge in [-0.25, -0.2) is 10.1 Å². The van der Waals surface area contributed by atoms with Crippen molar-refractivity contribution in [2.24, 2.45) is 4.99 Å². The third kappa shape index (κ3) is 3.99. The van der Waals surface area contributed by atoms with Crippen molar-refractivity contribution in [1.82, 2.24) is 15.2 Å². The highest BCUT2D eigenvalue weighted by molar-refractivity contribution is 9.10. The first-order chi connectivity index (χ1) is 11.8. The molecule has 0 aliphatic rings. The maximum absolute atomic E-state index is 5.91. The minimum atomic E-state index is 0.439. The van der Waals surface area contributed by atoms with Gasteiger partial charge < -0.3 is 9.47 Å². The quantitative estimate of drug-likeness (QED) is 0.651. The molecule has 1 N–H and O–H groups in total. The normalized spacial score (nSPS) is 10.9. The highest BCUT2D eigenvalue weighted by Gasteiger charge is 2.11. The lowest BCUT2D eigenvalue weighted by Gasteiger charge is -2.13. The van der Waals surface area contributed by atoms with Gasteiger partial charge >= 0.3 is 0 Å². The maximum Gasteiger partial charge on any atom is 0.245 e. The molecule has 0 unspecified atom stereocenters. The van der Waals surface area contributed by atoms with E-state index in [0.29, 0.717) is 24.1 Å². The predicted molar refractivity (Wildman–Crippen MR) is 95.1 cm³/mol. The summed E-state index contributed by atoms with van der Waals surface area (Å²) in [5.41, 5.74) is 1.93. The number of hydrogen-bond donors (Lipinski definition) is 1. The third-order valence-corrected chi connectivity index (χ3v) is 3.81. The second-order valence-corrected chi connectivity index (χ2v) is 5.73. The standard InChI is InChI=1S/C17H15BrN4O2/c1-23-15-8-13(9-19-17-20-11-21-22-17)7-14(18)16(15)24-10-12-5-3-2-4-6-12/h2-9,11H,10H2,1H3,(H,20,21,22). The largest absolute Gasteiger partial charge is 0.493 e. The zero-order valence-corrected chi connectivity index (χ0v) is 14.5. The topological polar surface area (TPSA) is 72.4 Å². The van der Waals surface area contributed by atoms with Crippen molar-refractivity contribution in [3.63, 3.8) is 0 Å². The molecular weight excluding hydrogens is 372 g/mol. The van der Waals surface area contributed by atoms with Gasteiger partial charge in [-0.2, -0.15) is 10.1 Å². The first-order valence-electron chi connectivity index (χ1n) is 7.20. The molecule has 0 amide bonds. The van der Waals surface area contributed by atoms with E-state index in [1.54, 1.807) is 13.3 Å². The second kappa shape index (κ2) is 7.74. The van der Waals surface area contributed by atoms with Crippen LogP contribution in [0.3, 0.4) is 0 Å². The fourth-order valence-corrected chi connectivity index (χ4v) is 2.66. The van der Waals surface area contributed by atoms with Crippen LogP contribution in [0.15, 0.2) is 58.3 Å². The number of ether oxygens (including phenoxy) is 2. The van der Waals surface area contributed by atoms with Gasteiger partial charge in [0.1, 0.15) is 12.9 Å². The molecule has 0 fully saturated rings. The molecule has 1 aromatic heterocycles. The summed E-state index contributed by atoms with van der Waals surface area (Å²) in [7, 11) is 1.61. The van der Waals surface area contributed by atoms with E-state index in [-0.39, 0.29) is 0 Å². The number of nitrogens with one attached hydrogen (secondary N) is 1. The lowest BCUT2D eigenvalue weighted by atomic mass is 10.2. The Hall–Kier alpha value is -2.67. The number of aliphatic imine (C=N–C) groups is 1. The zero-order valence-electron chi connectivity index (χ0n) is 12.9. The summed E-state index contributed by atoms with van der Waals surface area (Å²) in [6.07, 6.45) is 3.08. The van der Waals surface area contributed by atoms with Gasteiger partial charge in [0.2, 0.25) is 5.95 Å². The van der Waals surface area contributed by atoms with Crippen LogP contribution in [0.2, 0.25) is 0 Å². The number of benzene rings is 2. The Kier molecular flexibility index (Phi) is 5.22. The van der Waals surface area contributed by atoms with Gasteiger partial charge in [0, 0.05) is 6.21 Å². The van der Waals surface area contributed by atoms with Gasteiger partial charge in [-0.05, 0) is 39.2 Å². The lowest BCUT2D eigenvalue weighted by Crippen LogP contribution is -1.99. The fourth-order valence-electron chi connectivity index (χ4n) is 2.08. The van der Waals surface area contributed by atoms with Crippen molar-refractivity contribution in [2.75, 3.05) is 7.11 Å². The molecule has 0 radical (unpaired) electrons. The molecule has 7 heteroatoms. The van der Waals surface area contributed by atoms with Crippen molar-refractivity contribution in [1.29, 1.82) is 0 Å². The fraction of sp³-hybridized carbons (Fsp3) is 0.118. The molecule has 0 saturated heterocycles. The number of aromatic amines is 1. The summed E-state index contributed by atoms with van der Waals surface area (Å²) in [4.78, 5) is 8.15. The maximum atomic E-state index is 5.91. The first kappa shape index (κ1) is 16.2. The van der Waals surface area contributed by atoms with Gasteiger partial charge in [0.15, 0.2) is 11.5 Å². The van der Waals surface area contributed by atoms with Crippen LogP contribution in [0, 0.1) is 0 Å². The molecule has 0 aliphatic carbocycles. The average molecular weight is 387 g/mol. The van der Waals surface area contributed by atoms with Gasteiger partial charge in [0.25, 0.3) is 0 Å². The SMILES string of the molecule is COc1cc(C=Nc2ncn[nH]2)cc(Br)c1OCc1ccccc1. The molecule has 0 atom stereocenters. The van der Waals surface area contributed by atoms with E-state index in [4.69, 9.17) is 9.47 Å². The van der Waals surface area contributed by atoms with Gasteiger partial charge in [-0.15, -0.1) is 0 Å². The molecule has 0 bridgehead atoms. The molecular formula is C17H15BrN4O2. The van der Waals surface area contributed by atoms with Crippen LogP contribution < -0.4 is 9.47 Å². The summed E-state index contributed by atoms with van der Waals surface area (Å²) in [5.74, 6) is 1.71. The van der Waals surface area contributed by atoms with E-state index in [1.165, 1.54) is 6.33 Å². The second-order valence-electron chi connectivity index (χ2n) is 4.88. The van der Waals surface area contributed by atoms with E-state index >= 15 is 0 Å². The van der Waals surface area contributed by atoms with Crippen LogP contribution in [0.4, 0.5) is 5.95 Å². The van der Waals surface area contributed by atoms with E-state index in [9.17, 15) is 0 Å². The Morgan fingerprint density at radius 1 is 1.25 bits per heavy atom. The molecule has 0 spiro atoms. The molecule has 3 aromatic rings. The van der Waals surface area contributed by atoms with Gasteiger partial charge in [-0.1, -0.05) is 30.3 Å². The number of nitrogens with zero attached hydrogens (tertiary/aromatic N) is 3. The Labute approximate surface area is 147 Å². The average Bonchev–Trinajstić information content (AvgIpc) is 3.13. The predicted octanol–water partition coefficient (Wildman–Crippen LogP) is 3.91. The number of hydrogen-bond acceptors (Lipinski definition) is 5. The van der Waals surface area contributed by atoms with Crippen LogP contribution in [0.5, 0.6) is 11.5 Å². The molecule has 24 heavy (non-hydrogen) atoms. The summed E-state index contributed by atoms with van der Waals surface area (Å²) in [6.45, 7) is 0.460. The number of rotatable bonds is 6. The van der Waals surface area contributed by atoms with Crippen LogP contribution in [0.1, 0.15) is 11.1 Å². The van der Waals surface area contributed by atoms with Crippen LogP contribution in [0.25, 0.3) is 0 Å². The summed E-state index contributed by atoms with van der Waals surface area (Å²) < 4.78 is 12.1. The summed E-state index contributed by atoms with van der Waals surface area (Å²) >= 11 is 3.53. The van der Waals surface area contributed by atoms with Crippen molar-refractivity contribution >= 4 is 28.1 Å². The Bertz CT molecular complexity index is 820. The molecule has 0 aliphatic heterocycles. The van der Waals surface area contributed by atoms with Gasteiger partial charge in [-0.3, -0.25) is 0 Å². The first-order valence-corrected chi connectivity index (χ1v) is 7.99. The van der Waals surface area contributed by atoms with Crippen molar-refractivity contribution in [3.8, 4) is 11.5 Å². The van der Waals surface area contributed by atoms with Crippen LogP contribution >= 0.6 is 15.9 Å². The molecule has 3 rings (SSSR count). The smallest absolute Gasteiger partial charge is 0.245 e. The monoisotopic (exact) mass is 386 g/mol. The van der Waals surface area contributed by atoms with E-state index in [1.807, 2.05) is 42.5 Å². The number of methoxy groups -OCH3 is 1. The highest BCUT2D eigenvalue weighted by atomic mass is 79.9. The van der Waals surface area contributed by atoms with Gasteiger partial charge in [0.05, 0.1) is 11.6 Å². The van der Waals surface area contributed by atoms with Crippen molar-refractivity contribution < 1.29 is 9.47 Å². The van der Waals surface area contributed by atoms with Crippen molar-refractivity contribution in [3.05, 3.63) is 64.4 Å². The van der Waals surface area contributed by atoms with Crippen molar-refractivity contribution in [2.45, 2.75) is 6.61 Å². The third-order valence-electron chi connectivity index (χ3n) is 3.22. The highest BCUT2D eigenvalue weighted by Crippen LogP contribution is 2.36. The Morgan fingerprint density at radius 2 is 2.08 bits per heavy atom. The number of H-pyrrole nitrogens is 1. The van der Waals surface area contributed by atoms with E-state index in [2.05, 4.69) is 36.1 Å². The van der Waals surface area contributed by atoms with E-state index in [0.717, 1.165) is 15.6 Å². The minimum absolute atomic E-state index is 0.439. The molecule has 122 valence electrons. The molecule has 1 heterocycles. The summed E-state index contributed by atoms with van der Waals surface area (Å²) in [6, 6.07) is 13.7. The molecule has 0 saturated carbocycles. The summed E-state index contributed by atoms with van der Waals surface area (Å²) in [5, 5.41) is 6.42.